The van der Waals surface area contributed by atoms with E-state index >= 15 is 0 Å². The lowest BCUT2D eigenvalue weighted by atomic mass is 10.0. The van der Waals surface area contributed by atoms with E-state index < -0.39 is 17.9 Å². The number of nitrogens with one attached hydrogen (secondary N) is 3. The monoisotopic (exact) mass is 464 g/mol. The molecule has 2 aromatic carbocycles. The summed E-state index contributed by atoms with van der Waals surface area (Å²) in [7, 11) is 1.27. The number of nitrogens with zero attached hydrogens (tertiary/aromatic N) is 1. The van der Waals surface area contributed by atoms with E-state index in [0.29, 0.717) is 22.6 Å². The van der Waals surface area contributed by atoms with Gasteiger partial charge in [-0.05, 0) is 55.2 Å². The Balaban J connectivity index is 1.62. The Morgan fingerprint density at radius 1 is 0.912 bits per heavy atom. The lowest BCUT2D eigenvalue weighted by Crippen LogP contribution is -2.44. The maximum Gasteiger partial charge on any atom is 0.328 e. The Morgan fingerprint density at radius 2 is 1.56 bits per heavy atom. The first-order chi connectivity index (χ1) is 16.2. The van der Waals surface area contributed by atoms with Gasteiger partial charge in [0.25, 0.3) is 5.91 Å². The number of aromatic nitrogens is 1. The molecule has 0 aliphatic carbocycles. The third kappa shape index (κ3) is 6.00. The van der Waals surface area contributed by atoms with Gasteiger partial charge in [0.05, 0.1) is 7.11 Å². The second kappa shape index (κ2) is 10.7. The van der Waals surface area contributed by atoms with Crippen LogP contribution < -0.4 is 16.0 Å². The third-order valence-electron chi connectivity index (χ3n) is 5.35. The summed E-state index contributed by atoms with van der Waals surface area (Å²) in [6, 6.07) is 13.0. The number of hydrogen-bond acceptors (Lipinski definition) is 6. The number of carbonyl (C=O) groups excluding carboxylic acids is 3. The van der Waals surface area contributed by atoms with Crippen molar-refractivity contribution in [3.63, 3.8) is 0 Å². The molecule has 1 atom stereocenters. The largest absolute Gasteiger partial charge is 0.467 e. The number of methoxy groups -OCH3 is 1. The van der Waals surface area contributed by atoms with E-state index in [1.165, 1.54) is 13.2 Å². The fourth-order valence-electron chi connectivity index (χ4n) is 3.19. The molecule has 0 saturated carbocycles. The number of hydrogen-bond donors (Lipinski definition) is 3. The Hall–Kier alpha value is -4.14. The summed E-state index contributed by atoms with van der Waals surface area (Å²) >= 11 is 0. The van der Waals surface area contributed by atoms with Crippen LogP contribution in [0.3, 0.4) is 0 Å². The molecular weight excluding hydrogens is 436 g/mol. The number of esters is 1. The van der Waals surface area contributed by atoms with Crippen molar-refractivity contribution in [2.45, 2.75) is 33.7 Å². The van der Waals surface area contributed by atoms with Crippen molar-refractivity contribution in [1.29, 1.82) is 0 Å². The quantitative estimate of drug-likeness (QED) is 0.442. The van der Waals surface area contributed by atoms with Gasteiger partial charge in [-0.3, -0.25) is 4.79 Å². The van der Waals surface area contributed by atoms with Gasteiger partial charge in [-0.15, -0.1) is 0 Å². The van der Waals surface area contributed by atoms with Gasteiger partial charge in [-0.1, -0.05) is 37.2 Å². The van der Waals surface area contributed by atoms with Crippen molar-refractivity contribution in [2.24, 2.45) is 5.92 Å². The van der Waals surface area contributed by atoms with Crippen LogP contribution in [0.1, 0.15) is 35.5 Å². The Bertz CT molecular complexity index is 1180. The molecule has 178 valence electrons. The molecule has 3 N–H and O–H groups in total. The molecule has 9 nitrogen and oxygen atoms in total. The first kappa shape index (κ1) is 24.5. The number of carbonyl (C=O) groups is 3. The molecule has 0 fully saturated rings. The molecular formula is C25H28N4O5. The molecule has 34 heavy (non-hydrogen) atoms. The lowest BCUT2D eigenvalue weighted by Gasteiger charge is -2.18. The summed E-state index contributed by atoms with van der Waals surface area (Å²) in [5.74, 6) is -1.29. The fraction of sp³-hybridized carbons (Fsp3) is 0.280. The van der Waals surface area contributed by atoms with Gasteiger partial charge < -0.3 is 25.2 Å². The van der Waals surface area contributed by atoms with E-state index in [4.69, 9.17) is 9.26 Å². The summed E-state index contributed by atoms with van der Waals surface area (Å²) in [6.45, 7) is 7.59. The van der Waals surface area contributed by atoms with Crippen LogP contribution in [0.25, 0.3) is 11.3 Å². The van der Waals surface area contributed by atoms with Crippen LogP contribution in [0, 0.1) is 19.8 Å². The summed E-state index contributed by atoms with van der Waals surface area (Å²) in [5, 5.41) is 12.1. The number of anilines is 2. The van der Waals surface area contributed by atoms with Gasteiger partial charge in [0.2, 0.25) is 5.76 Å². The highest BCUT2D eigenvalue weighted by Gasteiger charge is 2.27. The minimum absolute atomic E-state index is 0.0282. The van der Waals surface area contributed by atoms with Crippen LogP contribution in [-0.4, -0.2) is 36.2 Å². The number of aryl methyl sites for hydroxylation is 2. The zero-order chi connectivity index (χ0) is 24.8. The molecule has 1 heterocycles. The molecule has 0 saturated heterocycles. The highest BCUT2D eigenvalue weighted by Crippen LogP contribution is 2.22. The fourth-order valence-corrected chi connectivity index (χ4v) is 3.19. The molecule has 3 rings (SSSR count). The van der Waals surface area contributed by atoms with E-state index in [9.17, 15) is 14.4 Å². The van der Waals surface area contributed by atoms with E-state index in [1.807, 2.05) is 32.0 Å². The van der Waals surface area contributed by atoms with Crippen molar-refractivity contribution in [3.8, 4) is 11.3 Å². The highest BCUT2D eigenvalue weighted by atomic mass is 16.5. The Labute approximate surface area is 197 Å². The maximum absolute atomic E-state index is 12.5. The minimum Gasteiger partial charge on any atom is -0.467 e. The molecule has 0 aliphatic heterocycles. The molecule has 0 radical (unpaired) electrons. The zero-order valence-electron chi connectivity index (χ0n) is 19.8. The van der Waals surface area contributed by atoms with Gasteiger partial charge in [-0.2, -0.15) is 0 Å². The average Bonchev–Trinajstić information content (AvgIpc) is 3.30. The van der Waals surface area contributed by atoms with Crippen LogP contribution in [-0.2, 0) is 9.53 Å². The Kier molecular flexibility index (Phi) is 7.68. The third-order valence-corrected chi connectivity index (χ3v) is 5.35. The second-order valence-electron chi connectivity index (χ2n) is 8.25. The van der Waals surface area contributed by atoms with Crippen LogP contribution in [0.2, 0.25) is 0 Å². The Morgan fingerprint density at radius 3 is 2.18 bits per heavy atom. The van der Waals surface area contributed by atoms with Crippen molar-refractivity contribution in [2.75, 3.05) is 17.7 Å². The van der Waals surface area contributed by atoms with Crippen molar-refractivity contribution in [3.05, 3.63) is 65.4 Å². The molecule has 0 aliphatic rings. The number of urea groups is 1. The average molecular weight is 465 g/mol. The first-order valence-corrected chi connectivity index (χ1v) is 10.8. The molecule has 9 heteroatoms. The predicted octanol–water partition coefficient (Wildman–Crippen LogP) is 4.53. The maximum atomic E-state index is 12.5. The SMILES string of the molecule is COC(=O)[C@@H](NC(=O)c1cc(-c2ccc(NC(=O)Nc3ccc(C)c(C)c3)cc2)no1)C(C)C. The standard InChI is InChI=1S/C25H28N4O5/c1-14(2)22(24(31)33-5)28-23(30)21-13-20(29-34-21)17-7-10-18(11-8-17)26-25(32)27-19-9-6-15(3)16(4)12-19/h6-14,22H,1-5H3,(H,28,30)(H2,26,27,32)/t22-/m0/s1. The number of ether oxygens (including phenoxy) is 1. The summed E-state index contributed by atoms with van der Waals surface area (Å²) in [5.41, 5.74) is 4.67. The van der Waals surface area contributed by atoms with Crippen LogP contribution in [0.5, 0.6) is 0 Å². The van der Waals surface area contributed by atoms with E-state index in [-0.39, 0.29) is 17.7 Å². The van der Waals surface area contributed by atoms with Crippen LogP contribution in [0.15, 0.2) is 53.1 Å². The van der Waals surface area contributed by atoms with E-state index in [0.717, 1.165) is 11.1 Å². The van der Waals surface area contributed by atoms with Gasteiger partial charge >= 0.3 is 12.0 Å². The highest BCUT2D eigenvalue weighted by molar-refractivity contribution is 6.00. The van der Waals surface area contributed by atoms with Crippen molar-refractivity contribution >= 4 is 29.3 Å². The lowest BCUT2D eigenvalue weighted by molar-refractivity contribution is -0.144. The van der Waals surface area contributed by atoms with Gasteiger partial charge in [0.15, 0.2) is 0 Å². The van der Waals surface area contributed by atoms with Crippen molar-refractivity contribution < 1.29 is 23.6 Å². The molecule has 1 aromatic heterocycles. The molecule has 0 spiro atoms. The van der Waals surface area contributed by atoms with Gasteiger partial charge in [-0.25, -0.2) is 9.59 Å². The number of benzene rings is 2. The molecule has 0 unspecified atom stereocenters. The minimum atomic E-state index is -0.800. The van der Waals surface area contributed by atoms with E-state index in [2.05, 4.69) is 21.1 Å². The smallest absolute Gasteiger partial charge is 0.328 e. The molecule has 3 amide bonds. The first-order valence-electron chi connectivity index (χ1n) is 10.8. The van der Waals surface area contributed by atoms with Gasteiger partial charge in [0, 0.05) is 23.0 Å². The van der Waals surface area contributed by atoms with Crippen LogP contribution in [0.4, 0.5) is 16.2 Å². The number of rotatable bonds is 7. The summed E-state index contributed by atoms with van der Waals surface area (Å²) < 4.78 is 9.89. The second-order valence-corrected chi connectivity index (χ2v) is 8.25. The van der Waals surface area contributed by atoms with Gasteiger partial charge in [0.1, 0.15) is 11.7 Å². The summed E-state index contributed by atoms with van der Waals surface area (Å²) in [4.78, 5) is 36.6. The topological polar surface area (TPSA) is 123 Å². The normalized spacial score (nSPS) is 11.6. The number of amides is 3. The molecule has 3 aromatic rings. The van der Waals surface area contributed by atoms with E-state index in [1.54, 1.807) is 38.1 Å². The predicted molar refractivity (Wildman–Crippen MR) is 129 cm³/mol. The van der Waals surface area contributed by atoms with Crippen molar-refractivity contribution in [1.82, 2.24) is 10.5 Å². The zero-order valence-corrected chi connectivity index (χ0v) is 19.8. The summed E-state index contributed by atoms with van der Waals surface area (Å²) in [6.07, 6.45) is 0. The molecule has 0 bridgehead atoms. The van der Waals surface area contributed by atoms with Crippen LogP contribution >= 0.6 is 0 Å².